The van der Waals surface area contributed by atoms with Crippen LogP contribution in [0.5, 0.6) is 0 Å². The molecule has 2 bridgehead atoms. The van der Waals surface area contributed by atoms with E-state index in [4.69, 9.17) is 4.98 Å². The first-order chi connectivity index (χ1) is 17.6. The monoisotopic (exact) mass is 500 g/mol. The summed E-state index contributed by atoms with van der Waals surface area (Å²) >= 11 is 0. The van der Waals surface area contributed by atoms with E-state index >= 15 is 0 Å². The van der Waals surface area contributed by atoms with Crippen LogP contribution in [0.1, 0.15) is 38.3 Å². The zero-order valence-corrected chi connectivity index (χ0v) is 21.2. The Kier molecular flexibility index (Phi) is 5.67. The fourth-order valence-electron chi connectivity index (χ4n) is 5.66. The van der Waals surface area contributed by atoms with E-state index in [1.165, 1.54) is 19.4 Å². The van der Waals surface area contributed by atoms with Crippen molar-refractivity contribution in [1.82, 2.24) is 19.5 Å². The lowest BCUT2D eigenvalue weighted by Crippen LogP contribution is -2.82. The average molecular weight is 501 g/mol. The van der Waals surface area contributed by atoms with Gasteiger partial charge in [-0.2, -0.15) is 10.4 Å². The quantitative estimate of drug-likeness (QED) is 0.424. The van der Waals surface area contributed by atoms with E-state index in [1.807, 2.05) is 18.2 Å². The van der Waals surface area contributed by atoms with Gasteiger partial charge in [0.2, 0.25) is 0 Å². The average Bonchev–Trinajstić information content (AvgIpc) is 3.28. The number of amides is 1. The van der Waals surface area contributed by atoms with Gasteiger partial charge in [0.15, 0.2) is 0 Å². The van der Waals surface area contributed by atoms with Crippen molar-refractivity contribution in [3.05, 3.63) is 54.0 Å². The standard InChI is InChI=1S/C27H28N6O4/c1-26(2,3)27-10-20(33(27)25(35)36)15-31(16-27)22-7-6-18(12-29-22)21-9-17(5-8-23(34)37-4)14-32-24(21)19(11-28)13-30-32/h5-9,12-14,20H,10,15-16H2,1-4H3,(H,35,36). The maximum atomic E-state index is 12.0. The molecular weight excluding hydrogens is 472 g/mol. The van der Waals surface area contributed by atoms with Crippen molar-refractivity contribution in [2.45, 2.75) is 38.8 Å². The lowest BCUT2D eigenvalue weighted by atomic mass is 9.60. The molecule has 2 unspecified atom stereocenters. The molecule has 10 heteroatoms. The Morgan fingerprint density at radius 1 is 1.30 bits per heavy atom. The van der Waals surface area contributed by atoms with E-state index in [1.54, 1.807) is 27.9 Å². The highest BCUT2D eigenvalue weighted by Crippen LogP contribution is 2.52. The number of nitriles is 1. The summed E-state index contributed by atoms with van der Waals surface area (Å²) in [6.07, 6.45) is 7.94. The summed E-state index contributed by atoms with van der Waals surface area (Å²) in [5.41, 5.74) is 2.65. The number of piperazine rings is 1. The molecule has 6 heterocycles. The molecule has 37 heavy (non-hydrogen) atoms. The van der Waals surface area contributed by atoms with E-state index in [0.717, 1.165) is 23.4 Å². The Morgan fingerprint density at radius 3 is 2.70 bits per heavy atom. The van der Waals surface area contributed by atoms with Crippen LogP contribution in [0, 0.1) is 16.7 Å². The number of nitrogens with zero attached hydrogens (tertiary/aromatic N) is 6. The summed E-state index contributed by atoms with van der Waals surface area (Å²) in [4.78, 5) is 32.1. The van der Waals surface area contributed by atoms with Crippen molar-refractivity contribution in [2.75, 3.05) is 25.1 Å². The third-order valence-corrected chi connectivity index (χ3v) is 7.63. The van der Waals surface area contributed by atoms with E-state index in [0.29, 0.717) is 29.7 Å². The first-order valence-electron chi connectivity index (χ1n) is 12.0. The van der Waals surface area contributed by atoms with E-state index in [2.05, 4.69) is 41.6 Å². The molecule has 0 aromatic carbocycles. The van der Waals surface area contributed by atoms with Crippen LogP contribution in [-0.2, 0) is 9.53 Å². The number of fused-ring (bicyclic) bond motifs is 3. The smallest absolute Gasteiger partial charge is 0.408 e. The molecule has 1 N–H and O–H groups in total. The number of ether oxygens (including phenoxy) is 1. The van der Waals surface area contributed by atoms with Crippen LogP contribution in [0.3, 0.4) is 0 Å². The first kappa shape index (κ1) is 24.3. The molecule has 3 aliphatic heterocycles. The predicted octanol–water partition coefficient (Wildman–Crippen LogP) is 3.81. The lowest BCUT2D eigenvalue weighted by molar-refractivity contribution is -0.134. The number of carboxylic acid groups (broad SMARTS) is 1. The molecule has 0 aliphatic carbocycles. The first-order valence-corrected chi connectivity index (χ1v) is 12.0. The number of carbonyl (C=O) groups excluding carboxylic acids is 1. The molecule has 3 fully saturated rings. The highest BCUT2D eigenvalue weighted by atomic mass is 16.5. The molecular formula is C27H28N6O4. The molecule has 2 atom stereocenters. The molecule has 3 saturated heterocycles. The highest BCUT2D eigenvalue weighted by molar-refractivity contribution is 5.89. The minimum Gasteiger partial charge on any atom is -0.466 e. The van der Waals surface area contributed by atoms with E-state index < -0.39 is 17.6 Å². The van der Waals surface area contributed by atoms with Crippen molar-refractivity contribution in [2.24, 2.45) is 5.41 Å². The molecule has 0 spiro atoms. The fraction of sp³-hybridized carbons (Fsp3) is 0.370. The molecule has 3 aliphatic rings. The van der Waals surface area contributed by atoms with Gasteiger partial charge in [-0.05, 0) is 41.7 Å². The summed E-state index contributed by atoms with van der Waals surface area (Å²) < 4.78 is 6.30. The summed E-state index contributed by atoms with van der Waals surface area (Å²) in [6.45, 7) is 7.43. The van der Waals surface area contributed by atoms with Gasteiger partial charge in [0.1, 0.15) is 11.9 Å². The summed E-state index contributed by atoms with van der Waals surface area (Å²) in [5, 5.41) is 23.8. The Balaban J connectivity index is 1.49. The Morgan fingerprint density at radius 2 is 2.08 bits per heavy atom. The van der Waals surface area contributed by atoms with Gasteiger partial charge in [-0.15, -0.1) is 0 Å². The number of anilines is 1. The Labute approximate surface area is 214 Å². The third-order valence-electron chi connectivity index (χ3n) is 7.63. The van der Waals surface area contributed by atoms with Crippen LogP contribution >= 0.6 is 0 Å². The van der Waals surface area contributed by atoms with Crippen LogP contribution in [-0.4, -0.2) is 68.4 Å². The van der Waals surface area contributed by atoms with Crippen LogP contribution in [0.4, 0.5) is 10.6 Å². The second-order valence-electron chi connectivity index (χ2n) is 10.6. The lowest BCUT2D eigenvalue weighted by Gasteiger charge is -2.68. The number of hydrogen-bond donors (Lipinski definition) is 1. The maximum absolute atomic E-state index is 12.0. The minimum atomic E-state index is -0.867. The maximum Gasteiger partial charge on any atom is 0.408 e. The van der Waals surface area contributed by atoms with Gasteiger partial charge >= 0.3 is 12.1 Å². The minimum absolute atomic E-state index is 0.0603. The molecule has 6 rings (SSSR count). The number of carbonyl (C=O) groups is 2. The van der Waals surface area contributed by atoms with Crippen molar-refractivity contribution in [3.63, 3.8) is 0 Å². The van der Waals surface area contributed by atoms with Crippen molar-refractivity contribution >= 4 is 29.5 Å². The number of methoxy groups -OCH3 is 1. The van der Waals surface area contributed by atoms with Crippen molar-refractivity contribution < 1.29 is 19.4 Å². The summed E-state index contributed by atoms with van der Waals surface area (Å²) in [5.74, 6) is 0.304. The van der Waals surface area contributed by atoms with Crippen LogP contribution < -0.4 is 4.90 Å². The highest BCUT2D eigenvalue weighted by Gasteiger charge is 2.64. The van der Waals surface area contributed by atoms with Crippen LogP contribution in [0.15, 0.2) is 42.9 Å². The zero-order chi connectivity index (χ0) is 26.5. The van der Waals surface area contributed by atoms with Crippen LogP contribution in [0.25, 0.3) is 22.7 Å². The number of rotatable bonds is 4. The third kappa shape index (κ3) is 3.87. The van der Waals surface area contributed by atoms with Gasteiger partial charge in [0, 0.05) is 42.7 Å². The van der Waals surface area contributed by atoms with Crippen molar-refractivity contribution in [3.8, 4) is 17.2 Å². The number of hydrogen-bond acceptors (Lipinski definition) is 7. The number of aromatic nitrogens is 3. The molecule has 3 aromatic heterocycles. The predicted molar refractivity (Wildman–Crippen MR) is 137 cm³/mol. The van der Waals surface area contributed by atoms with Gasteiger partial charge < -0.3 is 14.7 Å². The van der Waals surface area contributed by atoms with Gasteiger partial charge in [0.25, 0.3) is 0 Å². The van der Waals surface area contributed by atoms with Gasteiger partial charge in [-0.1, -0.05) is 20.8 Å². The van der Waals surface area contributed by atoms with Gasteiger partial charge in [0.05, 0.1) is 36.0 Å². The molecule has 190 valence electrons. The number of esters is 1. The summed E-state index contributed by atoms with van der Waals surface area (Å²) in [6, 6.07) is 7.88. The number of piperidine rings is 1. The normalized spacial score (nSPS) is 21.1. The fourth-order valence-corrected chi connectivity index (χ4v) is 5.66. The molecule has 1 amide bonds. The molecule has 10 nitrogen and oxygen atoms in total. The van der Waals surface area contributed by atoms with E-state index in [-0.39, 0.29) is 11.5 Å². The van der Waals surface area contributed by atoms with Gasteiger partial charge in [-0.3, -0.25) is 4.90 Å². The van der Waals surface area contributed by atoms with Crippen molar-refractivity contribution in [1.29, 1.82) is 5.26 Å². The Hall–Kier alpha value is -4.39. The topological polar surface area (TPSA) is 124 Å². The Bertz CT molecular complexity index is 1460. The second-order valence-corrected chi connectivity index (χ2v) is 10.6. The summed E-state index contributed by atoms with van der Waals surface area (Å²) in [7, 11) is 1.32. The molecule has 0 radical (unpaired) electrons. The SMILES string of the molecule is COC(=O)C=Cc1cc(-c2ccc(N3CC4CC(C(C)(C)C)(C3)N4C(=O)O)nc2)c2c(C#N)cnn2c1. The van der Waals surface area contributed by atoms with Crippen LogP contribution in [0.2, 0.25) is 0 Å². The zero-order valence-electron chi connectivity index (χ0n) is 21.2. The molecule has 0 saturated carbocycles. The van der Waals surface area contributed by atoms with E-state index in [9.17, 15) is 20.0 Å². The number of pyridine rings is 2. The largest absolute Gasteiger partial charge is 0.466 e. The molecule has 3 aromatic rings. The second kappa shape index (κ2) is 8.62. The van der Waals surface area contributed by atoms with Gasteiger partial charge in [-0.25, -0.2) is 19.1 Å².